The van der Waals surface area contributed by atoms with Gasteiger partial charge in [0.2, 0.25) is 5.96 Å². The normalized spacial score (nSPS) is 19.8. The minimum atomic E-state index is 0.0583. The molecule has 2 aromatic rings. The standard InChI is InChI=1S/C18H17N3O/c1-13-11-21-17(22)15-9-5-6-10-16(15)20(18(21)19-13)12-14-7-3-2-4-8-14/h2-10,13H,11-12H2,1H3. The van der Waals surface area contributed by atoms with Crippen molar-refractivity contribution < 1.29 is 4.79 Å². The van der Waals surface area contributed by atoms with E-state index in [-0.39, 0.29) is 11.9 Å². The molecule has 0 aromatic heterocycles. The number of aliphatic imine (C=N–C) groups is 1. The summed E-state index contributed by atoms with van der Waals surface area (Å²) >= 11 is 0. The molecule has 0 saturated carbocycles. The lowest BCUT2D eigenvalue weighted by molar-refractivity contribution is 0.0846. The lowest BCUT2D eigenvalue weighted by Gasteiger charge is -2.36. The van der Waals surface area contributed by atoms with Crippen LogP contribution in [0.1, 0.15) is 22.8 Å². The van der Waals surface area contributed by atoms with E-state index in [0.29, 0.717) is 13.1 Å². The number of amides is 1. The molecule has 2 aliphatic heterocycles. The van der Waals surface area contributed by atoms with Gasteiger partial charge >= 0.3 is 0 Å². The zero-order chi connectivity index (χ0) is 15.1. The van der Waals surface area contributed by atoms with Crippen molar-refractivity contribution in [1.29, 1.82) is 0 Å². The second kappa shape index (κ2) is 4.98. The van der Waals surface area contributed by atoms with Gasteiger partial charge in [0.15, 0.2) is 0 Å². The Morgan fingerprint density at radius 2 is 1.82 bits per heavy atom. The minimum absolute atomic E-state index is 0.0583. The van der Waals surface area contributed by atoms with Crippen LogP contribution in [-0.4, -0.2) is 29.4 Å². The number of rotatable bonds is 2. The molecule has 1 amide bonds. The highest BCUT2D eigenvalue weighted by atomic mass is 16.2. The number of anilines is 1. The first-order valence-corrected chi connectivity index (χ1v) is 7.54. The Bertz CT molecular complexity index is 754. The second-order valence-electron chi connectivity index (χ2n) is 5.78. The predicted molar refractivity (Wildman–Crippen MR) is 87.0 cm³/mol. The maximum absolute atomic E-state index is 12.7. The summed E-state index contributed by atoms with van der Waals surface area (Å²) in [5.41, 5.74) is 2.90. The first-order valence-electron chi connectivity index (χ1n) is 7.54. The largest absolute Gasteiger partial charge is 0.307 e. The van der Waals surface area contributed by atoms with Gasteiger partial charge in [0.1, 0.15) is 0 Å². The molecule has 0 aliphatic carbocycles. The fourth-order valence-corrected chi connectivity index (χ4v) is 3.11. The number of carbonyl (C=O) groups is 1. The van der Waals surface area contributed by atoms with Gasteiger partial charge in [-0.15, -0.1) is 0 Å². The van der Waals surface area contributed by atoms with Crippen molar-refractivity contribution in [3.63, 3.8) is 0 Å². The van der Waals surface area contributed by atoms with E-state index in [0.717, 1.165) is 17.2 Å². The van der Waals surface area contributed by atoms with Gasteiger partial charge < -0.3 is 4.90 Å². The van der Waals surface area contributed by atoms with E-state index in [4.69, 9.17) is 0 Å². The van der Waals surface area contributed by atoms with Crippen molar-refractivity contribution in [3.8, 4) is 0 Å². The molecule has 1 unspecified atom stereocenters. The number of para-hydroxylation sites is 1. The summed E-state index contributed by atoms with van der Waals surface area (Å²) in [4.78, 5) is 21.3. The fourth-order valence-electron chi connectivity index (χ4n) is 3.11. The molecule has 1 atom stereocenters. The monoisotopic (exact) mass is 291 g/mol. The summed E-state index contributed by atoms with van der Waals surface area (Å²) in [6.07, 6.45) is 0. The molecular formula is C18H17N3O. The van der Waals surface area contributed by atoms with Crippen LogP contribution >= 0.6 is 0 Å². The molecule has 0 bridgehead atoms. The van der Waals surface area contributed by atoms with Crippen LogP contribution < -0.4 is 4.90 Å². The number of fused-ring (bicyclic) bond motifs is 2. The molecule has 2 heterocycles. The Kier molecular flexibility index (Phi) is 2.96. The highest BCUT2D eigenvalue weighted by molar-refractivity contribution is 6.19. The molecule has 110 valence electrons. The average Bonchev–Trinajstić information content (AvgIpc) is 2.94. The molecule has 0 N–H and O–H groups in total. The number of benzene rings is 2. The maximum atomic E-state index is 12.7. The van der Waals surface area contributed by atoms with Crippen LogP contribution in [0, 0.1) is 0 Å². The second-order valence-corrected chi connectivity index (χ2v) is 5.78. The summed E-state index contributed by atoms with van der Waals surface area (Å²) in [5.74, 6) is 0.836. The van der Waals surface area contributed by atoms with E-state index in [2.05, 4.69) is 22.0 Å². The van der Waals surface area contributed by atoms with Gasteiger partial charge in [-0.3, -0.25) is 9.69 Å². The van der Waals surface area contributed by atoms with Crippen molar-refractivity contribution in [2.75, 3.05) is 11.4 Å². The molecule has 0 spiro atoms. The van der Waals surface area contributed by atoms with Gasteiger partial charge in [0.05, 0.1) is 30.4 Å². The van der Waals surface area contributed by atoms with Gasteiger partial charge in [-0.1, -0.05) is 42.5 Å². The van der Waals surface area contributed by atoms with E-state index < -0.39 is 0 Å². The first kappa shape index (κ1) is 13.1. The average molecular weight is 291 g/mol. The Morgan fingerprint density at radius 3 is 2.64 bits per heavy atom. The van der Waals surface area contributed by atoms with Crippen molar-refractivity contribution in [1.82, 2.24) is 4.90 Å². The van der Waals surface area contributed by atoms with Crippen LogP contribution in [0.25, 0.3) is 0 Å². The van der Waals surface area contributed by atoms with Crippen LogP contribution in [0.3, 0.4) is 0 Å². The lowest BCUT2D eigenvalue weighted by atomic mass is 10.1. The Morgan fingerprint density at radius 1 is 1.09 bits per heavy atom. The molecule has 4 heteroatoms. The number of hydrogen-bond donors (Lipinski definition) is 0. The molecule has 0 fully saturated rings. The fraction of sp³-hybridized carbons (Fsp3) is 0.222. The smallest absolute Gasteiger partial charge is 0.262 e. The van der Waals surface area contributed by atoms with Gasteiger partial charge in [-0.2, -0.15) is 0 Å². The molecule has 0 radical (unpaired) electrons. The molecule has 4 nitrogen and oxygen atoms in total. The summed E-state index contributed by atoms with van der Waals surface area (Å²) in [7, 11) is 0. The topological polar surface area (TPSA) is 35.9 Å². The summed E-state index contributed by atoms with van der Waals surface area (Å²) in [6, 6.07) is 18.2. The molecule has 22 heavy (non-hydrogen) atoms. The number of guanidine groups is 1. The minimum Gasteiger partial charge on any atom is -0.307 e. The summed E-state index contributed by atoms with van der Waals surface area (Å²) in [6.45, 7) is 3.42. The molecular weight excluding hydrogens is 274 g/mol. The number of carbonyl (C=O) groups excluding carboxylic acids is 1. The summed E-state index contributed by atoms with van der Waals surface area (Å²) in [5, 5.41) is 0. The third-order valence-electron chi connectivity index (χ3n) is 4.12. The van der Waals surface area contributed by atoms with Crippen molar-refractivity contribution in [3.05, 3.63) is 65.7 Å². The SMILES string of the molecule is CC1CN2C(=O)c3ccccc3N(Cc3ccccc3)C2=N1. The predicted octanol–water partition coefficient (Wildman–Crippen LogP) is 2.91. The van der Waals surface area contributed by atoms with Gasteiger partial charge in [-0.05, 0) is 24.6 Å². The van der Waals surface area contributed by atoms with Crippen LogP contribution in [0.2, 0.25) is 0 Å². The van der Waals surface area contributed by atoms with E-state index in [1.807, 2.05) is 49.4 Å². The molecule has 2 aromatic carbocycles. The van der Waals surface area contributed by atoms with E-state index in [1.165, 1.54) is 5.56 Å². The van der Waals surface area contributed by atoms with Gasteiger partial charge in [0, 0.05) is 0 Å². The Balaban J connectivity index is 1.81. The highest BCUT2D eigenvalue weighted by Gasteiger charge is 2.38. The van der Waals surface area contributed by atoms with E-state index in [1.54, 1.807) is 4.90 Å². The third kappa shape index (κ3) is 1.99. The van der Waals surface area contributed by atoms with Crippen LogP contribution in [-0.2, 0) is 6.54 Å². The van der Waals surface area contributed by atoms with Crippen molar-refractivity contribution in [2.45, 2.75) is 19.5 Å². The number of nitrogens with zero attached hydrogens (tertiary/aromatic N) is 3. The number of hydrogen-bond acceptors (Lipinski definition) is 3. The molecule has 0 saturated heterocycles. The van der Waals surface area contributed by atoms with Crippen molar-refractivity contribution >= 4 is 17.6 Å². The van der Waals surface area contributed by atoms with E-state index >= 15 is 0 Å². The van der Waals surface area contributed by atoms with Crippen molar-refractivity contribution in [2.24, 2.45) is 4.99 Å². The summed E-state index contributed by atoms with van der Waals surface area (Å²) < 4.78 is 0. The van der Waals surface area contributed by atoms with Gasteiger partial charge in [0.25, 0.3) is 5.91 Å². The quantitative estimate of drug-likeness (QED) is 0.853. The zero-order valence-corrected chi connectivity index (χ0v) is 12.4. The molecule has 4 rings (SSSR count). The van der Waals surface area contributed by atoms with Gasteiger partial charge in [-0.25, -0.2) is 4.99 Å². The van der Waals surface area contributed by atoms with Crippen LogP contribution in [0.5, 0.6) is 0 Å². The van der Waals surface area contributed by atoms with E-state index in [9.17, 15) is 4.79 Å². The highest BCUT2D eigenvalue weighted by Crippen LogP contribution is 2.32. The van der Waals surface area contributed by atoms with Crippen LogP contribution in [0.4, 0.5) is 5.69 Å². The lowest BCUT2D eigenvalue weighted by Crippen LogP contribution is -2.49. The maximum Gasteiger partial charge on any atom is 0.262 e. The Labute approximate surface area is 129 Å². The third-order valence-corrected chi connectivity index (χ3v) is 4.12. The molecule has 2 aliphatic rings. The zero-order valence-electron chi connectivity index (χ0n) is 12.4. The van der Waals surface area contributed by atoms with Crippen LogP contribution in [0.15, 0.2) is 59.6 Å². The Hall–Kier alpha value is -2.62. The first-order chi connectivity index (χ1) is 10.7.